The summed E-state index contributed by atoms with van der Waals surface area (Å²) in [4.78, 5) is 12.0. The van der Waals surface area contributed by atoms with E-state index in [2.05, 4.69) is 10.6 Å². The average molecular weight is 415 g/mol. The van der Waals surface area contributed by atoms with Crippen molar-refractivity contribution in [1.82, 2.24) is 5.32 Å². The highest BCUT2D eigenvalue weighted by molar-refractivity contribution is 5.90. The van der Waals surface area contributed by atoms with Crippen molar-refractivity contribution in [2.24, 2.45) is 0 Å². The monoisotopic (exact) mass is 414 g/mol. The van der Waals surface area contributed by atoms with Crippen LogP contribution in [0.15, 0.2) is 42.5 Å². The molecule has 1 unspecified atom stereocenters. The van der Waals surface area contributed by atoms with Crippen LogP contribution in [-0.4, -0.2) is 45.9 Å². The first-order valence-electron chi connectivity index (χ1n) is 10.3. The highest BCUT2D eigenvalue weighted by Gasteiger charge is 2.23. The Morgan fingerprint density at radius 2 is 1.90 bits per heavy atom. The Kier molecular flexibility index (Phi) is 8.20. The van der Waals surface area contributed by atoms with Crippen LogP contribution in [0.1, 0.15) is 25.7 Å². The molecule has 2 aromatic carbocycles. The van der Waals surface area contributed by atoms with Crippen LogP contribution in [0.2, 0.25) is 0 Å². The molecule has 2 aromatic rings. The molecular formula is C23H30N2O5. The summed E-state index contributed by atoms with van der Waals surface area (Å²) < 4.78 is 22.2. The molecule has 1 heterocycles. The summed E-state index contributed by atoms with van der Waals surface area (Å²) in [6.07, 6.45) is 3.31. The number of carbonyl (C=O) groups is 1. The minimum absolute atomic E-state index is 0.0356. The van der Waals surface area contributed by atoms with Gasteiger partial charge in [0.2, 0.25) is 11.7 Å². The molecule has 1 amide bonds. The highest BCUT2D eigenvalue weighted by Crippen LogP contribution is 2.39. The maximum atomic E-state index is 12.0. The lowest BCUT2D eigenvalue weighted by Gasteiger charge is -2.27. The molecular weight excluding hydrogens is 384 g/mol. The van der Waals surface area contributed by atoms with Gasteiger partial charge >= 0.3 is 0 Å². The molecule has 0 aromatic heterocycles. The van der Waals surface area contributed by atoms with E-state index in [-0.39, 0.29) is 12.0 Å². The van der Waals surface area contributed by atoms with Gasteiger partial charge in [-0.1, -0.05) is 12.5 Å². The molecule has 1 aliphatic rings. The van der Waals surface area contributed by atoms with Crippen LogP contribution in [0.4, 0.5) is 5.69 Å². The van der Waals surface area contributed by atoms with Crippen molar-refractivity contribution in [3.63, 3.8) is 0 Å². The van der Waals surface area contributed by atoms with Gasteiger partial charge in [-0.05, 0) is 55.8 Å². The van der Waals surface area contributed by atoms with Crippen molar-refractivity contribution in [3.05, 3.63) is 42.5 Å². The minimum atomic E-state index is -0.0518. The van der Waals surface area contributed by atoms with Gasteiger partial charge in [0.15, 0.2) is 11.5 Å². The van der Waals surface area contributed by atoms with E-state index < -0.39 is 0 Å². The molecule has 30 heavy (non-hydrogen) atoms. The van der Waals surface area contributed by atoms with Crippen molar-refractivity contribution in [2.45, 2.75) is 31.8 Å². The van der Waals surface area contributed by atoms with Gasteiger partial charge in [-0.2, -0.15) is 0 Å². The zero-order valence-corrected chi connectivity index (χ0v) is 17.6. The van der Waals surface area contributed by atoms with Gasteiger partial charge in [0, 0.05) is 18.7 Å². The Labute approximate surface area is 177 Å². The topological polar surface area (TPSA) is 78.1 Å². The van der Waals surface area contributed by atoms with Gasteiger partial charge in [0.1, 0.15) is 18.5 Å². The zero-order valence-electron chi connectivity index (χ0n) is 17.6. The van der Waals surface area contributed by atoms with Gasteiger partial charge in [-0.25, -0.2) is 0 Å². The maximum absolute atomic E-state index is 12.0. The van der Waals surface area contributed by atoms with E-state index in [0.29, 0.717) is 31.1 Å². The number of hydrogen-bond acceptors (Lipinski definition) is 6. The summed E-state index contributed by atoms with van der Waals surface area (Å²) in [5.74, 6) is 2.88. The Morgan fingerprint density at radius 1 is 1.07 bits per heavy atom. The van der Waals surface area contributed by atoms with Crippen LogP contribution in [0.25, 0.3) is 0 Å². The number of fused-ring (bicyclic) bond motifs is 1. The number of carbonyl (C=O) groups excluding carboxylic acids is 1. The number of amides is 1. The molecule has 2 N–H and O–H groups in total. The second-order valence-corrected chi connectivity index (χ2v) is 7.13. The number of rotatable bonds is 11. The molecule has 0 fully saturated rings. The van der Waals surface area contributed by atoms with Gasteiger partial charge in [-0.3, -0.25) is 4.79 Å². The summed E-state index contributed by atoms with van der Waals surface area (Å²) >= 11 is 0. The molecule has 7 nitrogen and oxygen atoms in total. The lowest BCUT2D eigenvalue weighted by atomic mass is 10.2. The van der Waals surface area contributed by atoms with Crippen LogP contribution in [0, 0.1) is 0 Å². The molecule has 0 saturated heterocycles. The SMILES string of the molecule is COc1ccc(NC(=O)CCCCCNCC2COc3cccc(OC)c3O2)cc1. The number of para-hydroxylation sites is 1. The minimum Gasteiger partial charge on any atom is -0.497 e. The molecule has 1 atom stereocenters. The second-order valence-electron chi connectivity index (χ2n) is 7.13. The molecule has 0 saturated carbocycles. The van der Waals surface area contributed by atoms with E-state index in [0.717, 1.165) is 43.0 Å². The van der Waals surface area contributed by atoms with Crippen molar-refractivity contribution in [1.29, 1.82) is 0 Å². The van der Waals surface area contributed by atoms with Gasteiger partial charge in [0.25, 0.3) is 0 Å². The number of benzene rings is 2. The summed E-state index contributed by atoms with van der Waals surface area (Å²) in [5.41, 5.74) is 0.787. The predicted octanol–water partition coefficient (Wildman–Crippen LogP) is 3.63. The fourth-order valence-corrected chi connectivity index (χ4v) is 3.24. The third-order valence-electron chi connectivity index (χ3n) is 4.88. The maximum Gasteiger partial charge on any atom is 0.224 e. The van der Waals surface area contributed by atoms with Crippen molar-refractivity contribution in [3.8, 4) is 23.0 Å². The van der Waals surface area contributed by atoms with Crippen LogP contribution >= 0.6 is 0 Å². The fourth-order valence-electron chi connectivity index (χ4n) is 3.24. The molecule has 1 aliphatic heterocycles. The fraction of sp³-hybridized carbons (Fsp3) is 0.435. The standard InChI is InChI=1S/C23H30N2O5/c1-27-18-12-10-17(11-13-18)25-22(26)9-4-3-5-14-24-15-19-16-29-21-8-6-7-20(28-2)23(21)30-19/h6-8,10-13,19,24H,3-5,9,14-16H2,1-2H3,(H,25,26). The predicted molar refractivity (Wildman–Crippen MR) is 116 cm³/mol. The van der Waals surface area contributed by atoms with Crippen LogP contribution in [0.5, 0.6) is 23.0 Å². The van der Waals surface area contributed by atoms with Crippen molar-refractivity contribution >= 4 is 11.6 Å². The smallest absolute Gasteiger partial charge is 0.224 e. The first-order chi connectivity index (χ1) is 14.7. The third kappa shape index (κ3) is 6.29. The zero-order chi connectivity index (χ0) is 21.2. The Balaban J connectivity index is 1.26. The van der Waals surface area contributed by atoms with Gasteiger partial charge in [0.05, 0.1) is 14.2 Å². The van der Waals surface area contributed by atoms with Crippen LogP contribution < -0.4 is 29.6 Å². The quantitative estimate of drug-likeness (QED) is 0.547. The molecule has 0 radical (unpaired) electrons. The summed E-state index contributed by atoms with van der Waals surface area (Å²) in [6.45, 7) is 2.09. The molecule has 7 heteroatoms. The number of unbranched alkanes of at least 4 members (excludes halogenated alkanes) is 2. The first kappa shape index (κ1) is 21.8. The number of methoxy groups -OCH3 is 2. The largest absolute Gasteiger partial charge is 0.497 e. The lowest BCUT2D eigenvalue weighted by molar-refractivity contribution is -0.116. The molecule has 162 valence electrons. The Morgan fingerprint density at radius 3 is 2.67 bits per heavy atom. The van der Waals surface area contributed by atoms with E-state index in [1.54, 1.807) is 14.2 Å². The average Bonchev–Trinajstić information content (AvgIpc) is 2.78. The highest BCUT2D eigenvalue weighted by atomic mass is 16.6. The Bertz CT molecular complexity index is 795. The Hall–Kier alpha value is -2.93. The van der Waals surface area contributed by atoms with Gasteiger partial charge in [-0.15, -0.1) is 0 Å². The van der Waals surface area contributed by atoms with E-state index in [4.69, 9.17) is 18.9 Å². The number of hydrogen-bond donors (Lipinski definition) is 2. The van der Waals surface area contributed by atoms with E-state index in [1.165, 1.54) is 0 Å². The van der Waals surface area contributed by atoms with Crippen LogP contribution in [-0.2, 0) is 4.79 Å². The van der Waals surface area contributed by atoms with E-state index in [1.807, 2.05) is 42.5 Å². The molecule has 0 spiro atoms. The molecule has 3 rings (SSSR count). The van der Waals surface area contributed by atoms with Gasteiger partial charge < -0.3 is 29.6 Å². The van der Waals surface area contributed by atoms with E-state index >= 15 is 0 Å². The number of nitrogens with one attached hydrogen (secondary N) is 2. The second kappa shape index (κ2) is 11.3. The summed E-state index contributed by atoms with van der Waals surface area (Å²) in [5, 5.41) is 6.31. The number of anilines is 1. The van der Waals surface area contributed by atoms with Crippen molar-refractivity contribution < 1.29 is 23.7 Å². The van der Waals surface area contributed by atoms with Crippen LogP contribution in [0.3, 0.4) is 0 Å². The van der Waals surface area contributed by atoms with E-state index in [9.17, 15) is 4.79 Å². The lowest BCUT2D eigenvalue weighted by Crippen LogP contribution is -2.38. The molecule has 0 bridgehead atoms. The normalized spacial score (nSPS) is 14.8. The third-order valence-corrected chi connectivity index (χ3v) is 4.88. The number of ether oxygens (including phenoxy) is 4. The summed E-state index contributed by atoms with van der Waals surface area (Å²) in [6, 6.07) is 13.0. The van der Waals surface area contributed by atoms with Crippen molar-refractivity contribution in [2.75, 3.05) is 39.2 Å². The summed E-state index contributed by atoms with van der Waals surface area (Å²) in [7, 11) is 3.24. The first-order valence-corrected chi connectivity index (χ1v) is 10.3. The molecule has 0 aliphatic carbocycles.